The number of hydroxylamine groups is 2. The van der Waals surface area contributed by atoms with Gasteiger partial charge in [-0.25, -0.2) is 0 Å². The van der Waals surface area contributed by atoms with Crippen molar-refractivity contribution in [3.8, 4) is 0 Å². The molecule has 1 unspecified atom stereocenters. The summed E-state index contributed by atoms with van der Waals surface area (Å²) >= 11 is 0. The van der Waals surface area contributed by atoms with Crippen LogP contribution < -0.4 is 0 Å². The van der Waals surface area contributed by atoms with Crippen LogP contribution in [0.2, 0.25) is 0 Å². The Morgan fingerprint density at radius 1 is 1.30 bits per heavy atom. The van der Waals surface area contributed by atoms with Crippen LogP contribution in [-0.2, 0) is 11.3 Å². The van der Waals surface area contributed by atoms with Crippen molar-refractivity contribution in [2.45, 2.75) is 51.5 Å². The van der Waals surface area contributed by atoms with Crippen LogP contribution >= 0.6 is 0 Å². The lowest BCUT2D eigenvalue weighted by molar-refractivity contribution is -0.157. The highest BCUT2D eigenvalue weighted by Crippen LogP contribution is 2.25. The van der Waals surface area contributed by atoms with Gasteiger partial charge in [-0.15, -0.1) is 0 Å². The van der Waals surface area contributed by atoms with Crippen molar-refractivity contribution < 1.29 is 15.1 Å². The van der Waals surface area contributed by atoms with Crippen molar-refractivity contribution in [3.05, 3.63) is 35.9 Å². The molecule has 1 saturated heterocycles. The molecule has 1 aromatic carbocycles. The van der Waals surface area contributed by atoms with Crippen molar-refractivity contribution in [1.29, 1.82) is 0 Å². The topological polar surface area (TPSA) is 52.9 Å². The van der Waals surface area contributed by atoms with E-state index in [1.807, 2.05) is 30.3 Å². The van der Waals surface area contributed by atoms with Gasteiger partial charge in [-0.2, -0.15) is 5.06 Å². The smallest absolute Gasteiger partial charge is 0.0871 e. The Balaban J connectivity index is 1.92. The zero-order valence-electron chi connectivity index (χ0n) is 12.3. The van der Waals surface area contributed by atoms with Gasteiger partial charge in [0.2, 0.25) is 0 Å². The van der Waals surface area contributed by atoms with E-state index in [1.54, 1.807) is 0 Å². The van der Waals surface area contributed by atoms with E-state index in [9.17, 15) is 10.3 Å². The highest BCUT2D eigenvalue weighted by molar-refractivity contribution is 5.13. The summed E-state index contributed by atoms with van der Waals surface area (Å²) in [5.41, 5.74) is 1.11. The van der Waals surface area contributed by atoms with Gasteiger partial charge in [0.1, 0.15) is 0 Å². The van der Waals surface area contributed by atoms with Gasteiger partial charge in [0.25, 0.3) is 0 Å². The number of benzene rings is 1. The molecule has 1 aliphatic heterocycles. The van der Waals surface area contributed by atoms with Gasteiger partial charge in [-0.1, -0.05) is 44.2 Å². The van der Waals surface area contributed by atoms with E-state index in [-0.39, 0.29) is 12.1 Å². The fourth-order valence-electron chi connectivity index (χ4n) is 2.80. The molecule has 0 saturated carbocycles. The molecular formula is C16H25NO3. The van der Waals surface area contributed by atoms with Crippen LogP contribution in [0.3, 0.4) is 0 Å². The number of hydrogen-bond donors (Lipinski definition) is 2. The van der Waals surface area contributed by atoms with Crippen LogP contribution in [-0.4, -0.2) is 40.2 Å². The average molecular weight is 279 g/mol. The molecule has 1 aromatic rings. The van der Waals surface area contributed by atoms with Crippen LogP contribution in [0.1, 0.15) is 32.3 Å². The Bertz CT molecular complexity index is 396. The lowest BCUT2D eigenvalue weighted by atomic mass is 9.97. The van der Waals surface area contributed by atoms with Gasteiger partial charge < -0.3 is 15.1 Å². The predicted molar refractivity (Wildman–Crippen MR) is 77.4 cm³/mol. The van der Waals surface area contributed by atoms with E-state index in [1.165, 1.54) is 5.06 Å². The molecule has 3 atom stereocenters. The molecular weight excluding hydrogens is 254 g/mol. The van der Waals surface area contributed by atoms with Gasteiger partial charge in [0.05, 0.1) is 24.9 Å². The van der Waals surface area contributed by atoms with Crippen LogP contribution in [0.25, 0.3) is 0 Å². The lowest BCUT2D eigenvalue weighted by Crippen LogP contribution is -2.44. The van der Waals surface area contributed by atoms with Crippen molar-refractivity contribution in [1.82, 2.24) is 5.06 Å². The van der Waals surface area contributed by atoms with Crippen molar-refractivity contribution in [2.24, 2.45) is 5.92 Å². The van der Waals surface area contributed by atoms with E-state index in [4.69, 9.17) is 4.74 Å². The Morgan fingerprint density at radius 3 is 2.65 bits per heavy atom. The first-order valence-corrected chi connectivity index (χ1v) is 7.37. The molecule has 4 nitrogen and oxygen atoms in total. The van der Waals surface area contributed by atoms with Crippen LogP contribution in [0.4, 0.5) is 0 Å². The third-order valence-corrected chi connectivity index (χ3v) is 3.78. The summed E-state index contributed by atoms with van der Waals surface area (Å²) in [6.07, 6.45) is 0.757. The fourth-order valence-corrected chi connectivity index (χ4v) is 2.80. The average Bonchev–Trinajstić information content (AvgIpc) is 2.78. The maximum Gasteiger partial charge on any atom is 0.0871 e. The molecule has 112 valence electrons. The zero-order chi connectivity index (χ0) is 14.5. The van der Waals surface area contributed by atoms with Gasteiger partial charge >= 0.3 is 0 Å². The van der Waals surface area contributed by atoms with Gasteiger partial charge in [-0.3, -0.25) is 0 Å². The standard InChI is InChI=1S/C16H25NO3/c1-12(2)10-14(18)16-15(8-9-17(16)19)20-11-13-6-4-3-5-7-13/h3-7,12,14-16,18-19H,8-11H2,1-2H3/t14?,15-,16+/m0/s1. The summed E-state index contributed by atoms with van der Waals surface area (Å²) < 4.78 is 5.91. The lowest BCUT2D eigenvalue weighted by Gasteiger charge is -2.29. The Morgan fingerprint density at radius 2 is 2.00 bits per heavy atom. The number of ether oxygens (including phenoxy) is 1. The minimum absolute atomic E-state index is 0.117. The molecule has 0 aromatic heterocycles. The van der Waals surface area contributed by atoms with Crippen molar-refractivity contribution >= 4 is 0 Å². The van der Waals surface area contributed by atoms with Crippen molar-refractivity contribution in [3.63, 3.8) is 0 Å². The molecule has 1 fully saturated rings. The molecule has 1 heterocycles. The summed E-state index contributed by atoms with van der Waals surface area (Å²) in [4.78, 5) is 0. The molecule has 1 aliphatic rings. The van der Waals surface area contributed by atoms with Gasteiger partial charge in [0.15, 0.2) is 0 Å². The maximum absolute atomic E-state index is 10.3. The minimum atomic E-state index is -0.553. The number of rotatable bonds is 6. The molecule has 4 heteroatoms. The molecule has 2 N–H and O–H groups in total. The molecule has 0 amide bonds. The highest BCUT2D eigenvalue weighted by atomic mass is 16.5. The third-order valence-electron chi connectivity index (χ3n) is 3.78. The Labute approximate surface area is 120 Å². The zero-order valence-corrected chi connectivity index (χ0v) is 12.3. The first kappa shape index (κ1) is 15.4. The number of aliphatic hydroxyl groups is 1. The molecule has 0 spiro atoms. The summed E-state index contributed by atoms with van der Waals surface area (Å²) in [7, 11) is 0. The normalized spacial score (nSPS) is 25.2. The number of hydrogen-bond acceptors (Lipinski definition) is 4. The van der Waals surface area contributed by atoms with E-state index >= 15 is 0 Å². The number of nitrogens with zero attached hydrogens (tertiary/aromatic N) is 1. The molecule has 0 bridgehead atoms. The first-order chi connectivity index (χ1) is 9.58. The molecule has 20 heavy (non-hydrogen) atoms. The largest absolute Gasteiger partial charge is 0.391 e. The minimum Gasteiger partial charge on any atom is -0.391 e. The monoisotopic (exact) mass is 279 g/mol. The summed E-state index contributed by atoms with van der Waals surface area (Å²) in [6, 6.07) is 9.66. The summed E-state index contributed by atoms with van der Waals surface area (Å²) in [5, 5.41) is 21.4. The van der Waals surface area contributed by atoms with Crippen molar-refractivity contribution in [2.75, 3.05) is 6.54 Å². The predicted octanol–water partition coefficient (Wildman–Crippen LogP) is 2.44. The second kappa shape index (κ2) is 7.18. The SMILES string of the molecule is CC(C)CC(O)[C@@H]1[C@@H](OCc2ccccc2)CCN1O. The Kier molecular flexibility index (Phi) is 5.54. The molecule has 0 radical (unpaired) electrons. The second-order valence-corrected chi connectivity index (χ2v) is 5.97. The van der Waals surface area contributed by atoms with Gasteiger partial charge in [0, 0.05) is 6.54 Å². The Hall–Kier alpha value is -0.940. The molecule has 0 aliphatic carbocycles. The fraction of sp³-hybridized carbons (Fsp3) is 0.625. The second-order valence-electron chi connectivity index (χ2n) is 5.97. The van der Waals surface area contributed by atoms with Crippen LogP contribution in [0, 0.1) is 5.92 Å². The maximum atomic E-state index is 10.3. The van der Waals surface area contributed by atoms with E-state index in [2.05, 4.69) is 13.8 Å². The first-order valence-electron chi connectivity index (χ1n) is 7.37. The van der Waals surface area contributed by atoms with Gasteiger partial charge in [-0.05, 0) is 24.3 Å². The quantitative estimate of drug-likeness (QED) is 0.840. The summed E-state index contributed by atoms with van der Waals surface area (Å²) in [5.74, 6) is 0.397. The van der Waals surface area contributed by atoms with Crippen LogP contribution in [0.5, 0.6) is 0 Å². The molecule has 2 rings (SSSR count). The third kappa shape index (κ3) is 4.03. The van der Waals surface area contributed by atoms with Crippen LogP contribution in [0.15, 0.2) is 30.3 Å². The summed E-state index contributed by atoms with van der Waals surface area (Å²) in [6.45, 7) is 5.21. The van der Waals surface area contributed by atoms with E-state index < -0.39 is 6.10 Å². The number of aliphatic hydroxyl groups excluding tert-OH is 1. The highest BCUT2D eigenvalue weighted by Gasteiger charge is 2.39. The van der Waals surface area contributed by atoms with E-state index in [0.717, 1.165) is 12.0 Å². The van der Waals surface area contributed by atoms with E-state index in [0.29, 0.717) is 25.5 Å².